The van der Waals surface area contributed by atoms with Crippen LogP contribution in [-0.4, -0.2) is 63.8 Å². The van der Waals surface area contributed by atoms with E-state index in [4.69, 9.17) is 4.74 Å². The predicted octanol–water partition coefficient (Wildman–Crippen LogP) is 8.69. The molecule has 1 aliphatic rings. The van der Waals surface area contributed by atoms with Gasteiger partial charge in [0.25, 0.3) is 17.1 Å². The monoisotopic (exact) mass is 856 g/mol. The van der Waals surface area contributed by atoms with E-state index in [1.165, 1.54) is 59.1 Å². The number of rotatable bonds is 7. The molecule has 0 unspecified atom stereocenters. The topological polar surface area (TPSA) is 286 Å². The lowest BCUT2D eigenvalue weighted by atomic mass is 9.95. The molecule has 0 aliphatic heterocycles. The summed E-state index contributed by atoms with van der Waals surface area (Å²) in [6.45, 7) is 0. The van der Waals surface area contributed by atoms with Gasteiger partial charge in [0.05, 0.1) is 53.6 Å². The normalized spacial score (nSPS) is 11.8. The first-order chi connectivity index (χ1) is 30.7. The summed E-state index contributed by atoms with van der Waals surface area (Å²) >= 11 is 0. The number of aromatic nitrogens is 3. The van der Waals surface area contributed by atoms with E-state index in [-0.39, 0.29) is 71.5 Å². The van der Waals surface area contributed by atoms with Gasteiger partial charge in [0.1, 0.15) is 18.6 Å². The van der Waals surface area contributed by atoms with E-state index in [1.54, 1.807) is 6.07 Å². The Morgan fingerprint density at radius 2 is 0.859 bits per heavy atom. The molecule has 64 heavy (non-hydrogen) atoms. The molecule has 6 aromatic carbocycles. The molecule has 3 aromatic heterocycles. The summed E-state index contributed by atoms with van der Waals surface area (Å²) in [7, 11) is 0. The number of carboxylic acids is 2. The number of carboxylic acid groups (broad SMARTS) is 2. The zero-order valence-corrected chi connectivity index (χ0v) is 32.4. The first kappa shape index (κ1) is 40.0. The van der Waals surface area contributed by atoms with Crippen molar-refractivity contribution < 1.29 is 48.9 Å². The van der Waals surface area contributed by atoms with Gasteiger partial charge in [0.2, 0.25) is 0 Å². The van der Waals surface area contributed by atoms with Gasteiger partial charge in [0.15, 0.2) is 0 Å². The van der Waals surface area contributed by atoms with E-state index in [0.717, 1.165) is 65.8 Å². The number of hydrogen-bond donors (Lipinski definition) is 2. The Hall–Kier alpha value is -9.39. The molecule has 312 valence electrons. The van der Waals surface area contributed by atoms with Gasteiger partial charge in [0, 0.05) is 61.3 Å². The third kappa shape index (κ3) is 6.70. The van der Waals surface area contributed by atoms with Crippen LogP contribution in [-0.2, 0) is 17.6 Å². The third-order valence-electron chi connectivity index (χ3n) is 10.9. The fourth-order valence-electron chi connectivity index (χ4n) is 8.23. The van der Waals surface area contributed by atoms with Crippen molar-refractivity contribution in [2.45, 2.75) is 12.8 Å². The minimum Gasteiger partial charge on any atom is -0.478 e. The van der Waals surface area contributed by atoms with Crippen molar-refractivity contribution in [2.24, 2.45) is 0 Å². The number of hydrogen-bond acceptors (Lipinski definition) is 14. The lowest BCUT2D eigenvalue weighted by molar-refractivity contribution is -0.385. The average molecular weight is 857 g/mol. The number of carbonyl (C=O) groups excluding carboxylic acids is 2. The van der Waals surface area contributed by atoms with E-state index in [2.05, 4.69) is 27.1 Å². The minimum atomic E-state index is -1.47. The van der Waals surface area contributed by atoms with Gasteiger partial charge in [-0.1, -0.05) is 42.5 Å². The second-order valence-corrected chi connectivity index (χ2v) is 14.5. The first-order valence-electron chi connectivity index (χ1n) is 18.9. The standard InChI is InChI=1S/C30H14N4O11.C15H10N2O2/c35-27(36)21-9-13-7-15(33(41)42)11-31-25(13)17-3-1-5-19(23(17)21)29(39)45-30(40)20-6-2-4-18-24(20)22(28(37)38)10-14-8-16(34(43)44)12-32-26(14)18;18-17(19)12-7-11-6-10-5-4-9-2-1-3-13(14(9)10)15(11)16-8-12/h1-12H,(H,35,36)(H,37,38);1-3,6-8H,4-5H2. The van der Waals surface area contributed by atoms with E-state index in [1.807, 2.05) is 12.1 Å². The highest BCUT2D eigenvalue weighted by Gasteiger charge is 2.27. The van der Waals surface area contributed by atoms with Crippen LogP contribution in [0.1, 0.15) is 52.6 Å². The molecule has 9 aromatic rings. The maximum Gasteiger partial charge on any atom is 0.346 e. The number of pyridine rings is 3. The van der Waals surface area contributed by atoms with Gasteiger partial charge in [-0.25, -0.2) is 34.1 Å². The predicted molar refractivity (Wildman–Crippen MR) is 229 cm³/mol. The van der Waals surface area contributed by atoms with Crippen LogP contribution < -0.4 is 0 Å². The van der Waals surface area contributed by atoms with Crippen molar-refractivity contribution >= 4 is 106 Å². The summed E-state index contributed by atoms with van der Waals surface area (Å²) in [6.07, 6.45) is 5.35. The lowest BCUT2D eigenvalue weighted by Gasteiger charge is -2.13. The van der Waals surface area contributed by atoms with Crippen molar-refractivity contribution in [3.05, 3.63) is 173 Å². The SMILES string of the molecule is O=C(O)c1cc2cc([N+](=O)[O-])cnc2c2cccc(C(=O)OC(=O)c3cccc4c3c(C(=O)O)cc3cc([N+](=O)[O-])cnc34)c12.O=[N+]([O-])c1cnc2c(c1)cc1c3c(cccc32)CC1. The molecule has 0 saturated heterocycles. The summed E-state index contributed by atoms with van der Waals surface area (Å²) in [6, 6.07) is 22.5. The smallest absolute Gasteiger partial charge is 0.346 e. The maximum absolute atomic E-state index is 13.4. The van der Waals surface area contributed by atoms with Crippen molar-refractivity contribution in [1.82, 2.24) is 15.0 Å². The summed E-state index contributed by atoms with van der Waals surface area (Å²) in [4.78, 5) is 95.3. The molecule has 19 nitrogen and oxygen atoms in total. The Labute approximate surface area is 355 Å². The number of carbonyl (C=O) groups is 4. The van der Waals surface area contributed by atoms with Crippen LogP contribution in [0, 0.1) is 30.3 Å². The molecule has 0 atom stereocenters. The fraction of sp³-hybridized carbons (Fsp3) is 0.0444. The molecule has 0 saturated carbocycles. The van der Waals surface area contributed by atoms with E-state index in [9.17, 15) is 59.7 Å². The number of esters is 2. The van der Waals surface area contributed by atoms with Crippen molar-refractivity contribution in [3.8, 4) is 0 Å². The van der Waals surface area contributed by atoms with Crippen LogP contribution in [0.15, 0.2) is 110 Å². The fourth-order valence-corrected chi connectivity index (χ4v) is 8.23. The zero-order valence-electron chi connectivity index (χ0n) is 32.4. The number of nitrogens with zero attached hydrogens (tertiary/aromatic N) is 6. The van der Waals surface area contributed by atoms with Crippen LogP contribution in [0.3, 0.4) is 0 Å². The van der Waals surface area contributed by atoms with E-state index < -0.39 is 49.8 Å². The number of aryl methyl sites for hydroxylation is 2. The molecule has 1 aliphatic carbocycles. The Kier molecular flexibility index (Phi) is 9.55. The average Bonchev–Trinajstić information content (AvgIpc) is 3.70. The zero-order chi connectivity index (χ0) is 45.1. The Bertz CT molecular complexity index is 3480. The van der Waals surface area contributed by atoms with Crippen molar-refractivity contribution in [3.63, 3.8) is 0 Å². The van der Waals surface area contributed by atoms with E-state index >= 15 is 0 Å². The van der Waals surface area contributed by atoms with Gasteiger partial charge in [-0.15, -0.1) is 0 Å². The summed E-state index contributed by atoms with van der Waals surface area (Å²) in [5.41, 5.74) is 1.60. The molecule has 0 fully saturated rings. The molecule has 2 N–H and O–H groups in total. The molecule has 0 bridgehead atoms. The second-order valence-electron chi connectivity index (χ2n) is 14.5. The van der Waals surface area contributed by atoms with Crippen molar-refractivity contribution in [2.75, 3.05) is 0 Å². The van der Waals surface area contributed by atoms with Crippen LogP contribution >= 0.6 is 0 Å². The molecular weight excluding hydrogens is 833 g/mol. The molecule has 0 spiro atoms. The summed E-state index contributed by atoms with van der Waals surface area (Å²) in [5, 5.41) is 56.7. The Morgan fingerprint density at radius 1 is 0.484 bits per heavy atom. The van der Waals surface area contributed by atoms with Crippen LogP contribution in [0.5, 0.6) is 0 Å². The largest absolute Gasteiger partial charge is 0.478 e. The highest BCUT2D eigenvalue weighted by atomic mass is 16.6. The maximum atomic E-state index is 13.4. The van der Waals surface area contributed by atoms with Gasteiger partial charge in [-0.2, -0.15) is 0 Å². The highest BCUT2D eigenvalue weighted by Crippen LogP contribution is 2.37. The Balaban J connectivity index is 0.000000225. The van der Waals surface area contributed by atoms with Crippen molar-refractivity contribution in [1.29, 1.82) is 0 Å². The van der Waals surface area contributed by atoms with Gasteiger partial charge < -0.3 is 14.9 Å². The van der Waals surface area contributed by atoms with E-state index in [0.29, 0.717) is 0 Å². The molecule has 3 heterocycles. The number of benzene rings is 6. The van der Waals surface area contributed by atoms with Crippen LogP contribution in [0.4, 0.5) is 17.1 Å². The minimum absolute atomic E-state index is 0.0493. The lowest BCUT2D eigenvalue weighted by Crippen LogP contribution is -2.15. The highest BCUT2D eigenvalue weighted by molar-refractivity contribution is 6.24. The Morgan fingerprint density at radius 3 is 1.27 bits per heavy atom. The van der Waals surface area contributed by atoms with Gasteiger partial charge in [-0.05, 0) is 59.7 Å². The quantitative estimate of drug-likeness (QED) is 0.0498. The number of ether oxygens (including phenoxy) is 1. The first-order valence-corrected chi connectivity index (χ1v) is 18.9. The van der Waals surface area contributed by atoms with Gasteiger partial charge >= 0.3 is 23.9 Å². The molecule has 19 heteroatoms. The molecular formula is C45H24N6O13. The third-order valence-corrected chi connectivity index (χ3v) is 10.9. The molecule has 0 radical (unpaired) electrons. The number of aromatic carboxylic acids is 2. The second kappa shape index (κ2) is 15.3. The van der Waals surface area contributed by atoms with Gasteiger partial charge in [-0.3, -0.25) is 30.3 Å². The number of fused-ring (bicyclic) bond motifs is 8. The summed E-state index contributed by atoms with van der Waals surface area (Å²) < 4.78 is 5.15. The summed E-state index contributed by atoms with van der Waals surface area (Å²) in [5.74, 6) is -5.48. The van der Waals surface area contributed by atoms with Crippen LogP contribution in [0.25, 0.3) is 65.0 Å². The van der Waals surface area contributed by atoms with Crippen LogP contribution in [0.2, 0.25) is 0 Å². The number of nitro groups is 3. The molecule has 0 amide bonds. The molecule has 10 rings (SSSR count).